The van der Waals surface area contributed by atoms with Crippen molar-refractivity contribution in [3.63, 3.8) is 0 Å². The molecule has 0 bridgehead atoms. The maximum Gasteiger partial charge on any atom is 0.146 e. The van der Waals surface area contributed by atoms with Crippen LogP contribution in [0, 0.1) is 0 Å². The van der Waals surface area contributed by atoms with Crippen LogP contribution in [0.25, 0.3) is 0 Å². The normalized spacial score (nSPS) is 17.1. The van der Waals surface area contributed by atoms with Gasteiger partial charge >= 0.3 is 0 Å². The van der Waals surface area contributed by atoms with Crippen LogP contribution in [-0.4, -0.2) is 9.55 Å². The van der Waals surface area contributed by atoms with Gasteiger partial charge in [0.2, 0.25) is 0 Å². The number of aromatic nitrogens is 2. The number of hydrogen-bond donors (Lipinski definition) is 1. The molecule has 134 valence electrons. The quantitative estimate of drug-likeness (QED) is 0.721. The Morgan fingerprint density at radius 3 is 2.77 bits per heavy atom. The molecule has 4 rings (SSSR count). The van der Waals surface area contributed by atoms with E-state index in [1.54, 1.807) is 6.20 Å². The Kier molecular flexibility index (Phi) is 4.76. The van der Waals surface area contributed by atoms with Crippen LogP contribution in [0.2, 0.25) is 0 Å². The molecule has 4 nitrogen and oxygen atoms in total. The minimum absolute atomic E-state index is 0.301. The third kappa shape index (κ3) is 3.51. The molecule has 1 aliphatic rings. The highest BCUT2D eigenvalue weighted by Crippen LogP contribution is 2.33. The Balaban J connectivity index is 1.37. The van der Waals surface area contributed by atoms with E-state index in [1.807, 2.05) is 29.9 Å². The average Bonchev–Trinajstić information content (AvgIpc) is 3.27. The number of aryl methyl sites for hydroxylation is 2. The second-order valence-corrected chi connectivity index (χ2v) is 6.99. The monoisotopic (exact) mass is 347 g/mol. The second-order valence-electron chi connectivity index (χ2n) is 6.99. The highest BCUT2D eigenvalue weighted by atomic mass is 16.5. The molecule has 0 spiro atoms. The summed E-state index contributed by atoms with van der Waals surface area (Å²) >= 11 is 0. The fourth-order valence-electron chi connectivity index (χ4n) is 3.66. The predicted molar refractivity (Wildman–Crippen MR) is 103 cm³/mol. The Morgan fingerprint density at radius 2 is 2.00 bits per heavy atom. The number of fused-ring (bicyclic) bond motifs is 1. The van der Waals surface area contributed by atoms with Crippen molar-refractivity contribution in [1.29, 1.82) is 0 Å². The Hall–Kier alpha value is -2.59. The molecule has 0 unspecified atom stereocenters. The Morgan fingerprint density at radius 1 is 1.19 bits per heavy atom. The van der Waals surface area contributed by atoms with Crippen LogP contribution < -0.4 is 10.1 Å². The van der Waals surface area contributed by atoms with Gasteiger partial charge in [-0.1, -0.05) is 36.4 Å². The fraction of sp³-hybridized carbons (Fsp3) is 0.318. The highest BCUT2D eigenvalue weighted by Gasteiger charge is 2.23. The fourth-order valence-corrected chi connectivity index (χ4v) is 3.66. The van der Waals surface area contributed by atoms with Crippen molar-refractivity contribution in [2.75, 3.05) is 0 Å². The minimum atomic E-state index is 0.301. The maximum atomic E-state index is 5.84. The molecule has 4 heteroatoms. The molecule has 0 amide bonds. The molecule has 1 heterocycles. The number of hydrogen-bond acceptors (Lipinski definition) is 3. The molecule has 1 N–H and O–H groups in total. The van der Waals surface area contributed by atoms with Gasteiger partial charge in [-0.2, -0.15) is 0 Å². The summed E-state index contributed by atoms with van der Waals surface area (Å²) in [4.78, 5) is 4.28. The Bertz CT molecular complexity index is 869. The lowest BCUT2D eigenvalue weighted by atomic mass is 10.0. The summed E-state index contributed by atoms with van der Waals surface area (Å²) in [5.41, 5.74) is 4.21. The number of nitrogens with zero attached hydrogens (tertiary/aromatic N) is 2. The van der Waals surface area contributed by atoms with Crippen molar-refractivity contribution in [3.8, 4) is 5.75 Å². The van der Waals surface area contributed by atoms with Crippen molar-refractivity contribution >= 4 is 0 Å². The number of imidazole rings is 1. The van der Waals surface area contributed by atoms with E-state index in [1.165, 1.54) is 29.5 Å². The van der Waals surface area contributed by atoms with Gasteiger partial charge in [-0.15, -0.1) is 0 Å². The number of ether oxygens (including phenoxy) is 1. The van der Waals surface area contributed by atoms with E-state index in [0.29, 0.717) is 18.7 Å². The Labute approximate surface area is 154 Å². The van der Waals surface area contributed by atoms with E-state index in [0.717, 1.165) is 11.6 Å². The lowest BCUT2D eigenvalue weighted by Gasteiger charge is -2.21. The number of nitrogens with one attached hydrogen (secondary N) is 1. The molecule has 3 aromatic rings. The van der Waals surface area contributed by atoms with Crippen LogP contribution >= 0.6 is 0 Å². The van der Waals surface area contributed by atoms with Gasteiger partial charge in [-0.25, -0.2) is 4.98 Å². The lowest BCUT2D eigenvalue weighted by Crippen LogP contribution is -2.22. The molecule has 0 aliphatic heterocycles. The second kappa shape index (κ2) is 7.34. The van der Waals surface area contributed by atoms with Gasteiger partial charge in [-0.05, 0) is 48.6 Å². The van der Waals surface area contributed by atoms with Crippen molar-refractivity contribution in [2.45, 2.75) is 38.5 Å². The van der Waals surface area contributed by atoms with Gasteiger partial charge in [0.05, 0.1) is 0 Å². The predicted octanol–water partition coefficient (Wildman–Crippen LogP) is 4.34. The minimum Gasteiger partial charge on any atom is -0.486 e. The standard InChI is InChI=1S/C22H25N3O/c1-16(24-21-12-9-18-5-3-4-6-20(18)21)17-7-10-19(11-8-17)26-15-22-23-13-14-25(22)2/h3-8,10-11,13-14,16,21,24H,9,12,15H2,1-2H3/t16-,21+/m1/s1. The van der Waals surface area contributed by atoms with Crippen LogP contribution in [0.3, 0.4) is 0 Å². The van der Waals surface area contributed by atoms with Crippen LogP contribution in [0.4, 0.5) is 0 Å². The molecule has 2 aromatic carbocycles. The van der Waals surface area contributed by atoms with Gasteiger partial charge in [0.25, 0.3) is 0 Å². The molecular formula is C22H25N3O. The smallest absolute Gasteiger partial charge is 0.146 e. The SMILES string of the molecule is C[C@@H](N[C@H]1CCc2ccccc21)c1ccc(OCc2nccn2C)cc1. The van der Waals surface area contributed by atoms with Crippen molar-refractivity contribution in [1.82, 2.24) is 14.9 Å². The molecule has 2 atom stereocenters. The molecule has 0 fully saturated rings. The number of rotatable bonds is 6. The van der Waals surface area contributed by atoms with E-state index in [-0.39, 0.29) is 0 Å². The maximum absolute atomic E-state index is 5.84. The summed E-state index contributed by atoms with van der Waals surface area (Å²) in [6.45, 7) is 2.71. The topological polar surface area (TPSA) is 39.1 Å². The first-order valence-corrected chi connectivity index (χ1v) is 9.23. The molecule has 0 radical (unpaired) electrons. The zero-order valence-electron chi connectivity index (χ0n) is 15.4. The van der Waals surface area contributed by atoms with Crippen LogP contribution in [0.15, 0.2) is 60.9 Å². The van der Waals surface area contributed by atoms with Gasteiger partial charge in [0, 0.05) is 31.5 Å². The van der Waals surface area contributed by atoms with E-state index >= 15 is 0 Å². The first-order chi connectivity index (χ1) is 12.7. The molecule has 0 saturated carbocycles. The van der Waals surface area contributed by atoms with Gasteiger partial charge in [0.15, 0.2) is 0 Å². The molecule has 26 heavy (non-hydrogen) atoms. The van der Waals surface area contributed by atoms with Crippen LogP contribution in [0.1, 0.15) is 47.9 Å². The number of benzene rings is 2. The zero-order chi connectivity index (χ0) is 17.9. The van der Waals surface area contributed by atoms with E-state index in [9.17, 15) is 0 Å². The zero-order valence-corrected chi connectivity index (χ0v) is 15.4. The van der Waals surface area contributed by atoms with Gasteiger partial charge in [0.1, 0.15) is 18.2 Å². The van der Waals surface area contributed by atoms with Gasteiger partial charge in [-0.3, -0.25) is 0 Å². The molecule has 0 saturated heterocycles. The van der Waals surface area contributed by atoms with E-state index in [4.69, 9.17) is 4.74 Å². The first kappa shape index (κ1) is 16.9. The van der Waals surface area contributed by atoms with Crippen molar-refractivity contribution < 1.29 is 4.74 Å². The van der Waals surface area contributed by atoms with Crippen LogP contribution in [-0.2, 0) is 20.1 Å². The summed E-state index contributed by atoms with van der Waals surface area (Å²) in [6, 6.07) is 17.9. The highest BCUT2D eigenvalue weighted by molar-refractivity contribution is 5.35. The summed E-state index contributed by atoms with van der Waals surface area (Å²) < 4.78 is 7.81. The lowest BCUT2D eigenvalue weighted by molar-refractivity contribution is 0.291. The van der Waals surface area contributed by atoms with Gasteiger partial charge < -0.3 is 14.6 Å². The van der Waals surface area contributed by atoms with Crippen molar-refractivity contribution in [3.05, 3.63) is 83.4 Å². The van der Waals surface area contributed by atoms with Crippen LogP contribution in [0.5, 0.6) is 5.75 Å². The third-order valence-corrected chi connectivity index (χ3v) is 5.25. The van der Waals surface area contributed by atoms with E-state index < -0.39 is 0 Å². The average molecular weight is 347 g/mol. The summed E-state index contributed by atoms with van der Waals surface area (Å²) in [5.74, 6) is 1.79. The molecule has 1 aliphatic carbocycles. The molecular weight excluding hydrogens is 322 g/mol. The van der Waals surface area contributed by atoms with Crippen molar-refractivity contribution in [2.24, 2.45) is 7.05 Å². The van der Waals surface area contributed by atoms with E-state index in [2.05, 4.69) is 53.6 Å². The summed E-state index contributed by atoms with van der Waals surface area (Å²) in [6.07, 6.45) is 6.06. The molecule has 1 aromatic heterocycles. The largest absolute Gasteiger partial charge is 0.486 e. The third-order valence-electron chi connectivity index (χ3n) is 5.25. The first-order valence-electron chi connectivity index (χ1n) is 9.23. The summed E-state index contributed by atoms with van der Waals surface area (Å²) in [5, 5.41) is 3.78. The summed E-state index contributed by atoms with van der Waals surface area (Å²) in [7, 11) is 1.98.